The summed E-state index contributed by atoms with van der Waals surface area (Å²) in [7, 11) is 0. The van der Waals surface area contributed by atoms with Crippen molar-refractivity contribution in [3.05, 3.63) is 29.6 Å². The molecule has 4 nitrogen and oxygen atoms in total. The van der Waals surface area contributed by atoms with Gasteiger partial charge in [0.05, 0.1) is 16.6 Å². The van der Waals surface area contributed by atoms with Crippen molar-refractivity contribution < 1.29 is 9.90 Å². The first-order chi connectivity index (χ1) is 9.54. The zero-order valence-corrected chi connectivity index (χ0v) is 12.9. The highest BCUT2D eigenvalue weighted by Crippen LogP contribution is 2.24. The van der Waals surface area contributed by atoms with Crippen molar-refractivity contribution in [3.8, 4) is 0 Å². The second kappa shape index (κ2) is 6.31. The molecule has 1 aromatic heterocycles. The fourth-order valence-corrected chi connectivity index (χ4v) is 3.23. The van der Waals surface area contributed by atoms with Gasteiger partial charge in [-0.25, -0.2) is 9.78 Å². The molecule has 0 fully saturated rings. The molecular formula is C15H20N2O2S. The van der Waals surface area contributed by atoms with Crippen LogP contribution in [0.3, 0.4) is 0 Å². The highest BCUT2D eigenvalue weighted by Gasteiger charge is 2.14. The average Bonchev–Trinajstić information content (AvgIpc) is 2.73. The minimum atomic E-state index is -0.911. The quantitative estimate of drug-likeness (QED) is 0.824. The minimum absolute atomic E-state index is 0.288. The Morgan fingerprint density at radius 1 is 1.50 bits per heavy atom. The van der Waals surface area contributed by atoms with Gasteiger partial charge in [-0.15, -0.1) is 0 Å². The molecule has 0 saturated carbocycles. The molecule has 108 valence electrons. The molecule has 1 unspecified atom stereocenters. The maximum absolute atomic E-state index is 11.0. The van der Waals surface area contributed by atoms with Crippen LogP contribution in [-0.4, -0.2) is 32.1 Å². The molecule has 1 aromatic carbocycles. The second-order valence-corrected chi connectivity index (χ2v) is 6.27. The zero-order valence-electron chi connectivity index (χ0n) is 12.1. The smallest absolute Gasteiger partial charge is 0.335 e. The van der Waals surface area contributed by atoms with Gasteiger partial charge in [-0.1, -0.05) is 6.92 Å². The summed E-state index contributed by atoms with van der Waals surface area (Å²) in [5, 5.41) is 9.04. The van der Waals surface area contributed by atoms with E-state index in [0.29, 0.717) is 6.04 Å². The molecule has 2 aromatic rings. The number of benzene rings is 1. The molecule has 1 N–H and O–H groups in total. The van der Waals surface area contributed by atoms with E-state index < -0.39 is 5.97 Å². The third kappa shape index (κ3) is 2.98. The van der Waals surface area contributed by atoms with Crippen LogP contribution in [0.2, 0.25) is 0 Å². The molecule has 0 amide bonds. The van der Waals surface area contributed by atoms with E-state index in [1.165, 1.54) is 0 Å². The lowest BCUT2D eigenvalue weighted by atomic mass is 10.2. The molecule has 0 radical (unpaired) electrons. The van der Waals surface area contributed by atoms with Crippen molar-refractivity contribution in [2.75, 3.05) is 11.5 Å². The largest absolute Gasteiger partial charge is 0.478 e. The van der Waals surface area contributed by atoms with Gasteiger partial charge in [-0.3, -0.25) is 0 Å². The van der Waals surface area contributed by atoms with Crippen LogP contribution in [0, 0.1) is 6.92 Å². The summed E-state index contributed by atoms with van der Waals surface area (Å²) in [5.41, 5.74) is 2.07. The first-order valence-corrected chi connectivity index (χ1v) is 7.99. The van der Waals surface area contributed by atoms with Crippen LogP contribution in [0.4, 0.5) is 0 Å². The molecular weight excluding hydrogens is 272 g/mol. The van der Waals surface area contributed by atoms with E-state index in [-0.39, 0.29) is 5.56 Å². The lowest BCUT2D eigenvalue weighted by molar-refractivity contribution is 0.0697. The number of aryl methyl sites for hydroxylation is 1. The number of carboxylic acids is 1. The monoisotopic (exact) mass is 292 g/mol. The van der Waals surface area contributed by atoms with Crippen LogP contribution >= 0.6 is 11.8 Å². The highest BCUT2D eigenvalue weighted by molar-refractivity contribution is 7.99. The first-order valence-electron chi connectivity index (χ1n) is 6.84. The molecule has 0 spiro atoms. The van der Waals surface area contributed by atoms with E-state index in [1.807, 2.05) is 24.8 Å². The molecule has 0 aliphatic rings. The lowest BCUT2D eigenvalue weighted by Crippen LogP contribution is -2.08. The van der Waals surface area contributed by atoms with Crippen LogP contribution in [0.15, 0.2) is 18.2 Å². The van der Waals surface area contributed by atoms with Crippen molar-refractivity contribution in [1.82, 2.24) is 9.55 Å². The molecule has 0 saturated heterocycles. The summed E-state index contributed by atoms with van der Waals surface area (Å²) in [6.07, 6.45) is 1.09. The number of thioether (sulfide) groups is 1. The molecule has 1 heterocycles. The summed E-state index contributed by atoms with van der Waals surface area (Å²) in [6.45, 7) is 6.33. The predicted molar refractivity (Wildman–Crippen MR) is 83.8 cm³/mol. The Balaban J connectivity index is 2.33. The number of fused-ring (bicyclic) bond motifs is 1. The number of carboxylic acid groups (broad SMARTS) is 1. The standard InChI is InChI=1S/C15H20N2O2S/c1-4-20-8-7-10(2)17-11(3)16-13-9-12(15(18)19)5-6-14(13)17/h5-6,9-10H,4,7-8H2,1-3H3,(H,18,19). The lowest BCUT2D eigenvalue weighted by Gasteiger charge is -2.16. The number of hydrogen-bond acceptors (Lipinski definition) is 3. The topological polar surface area (TPSA) is 55.1 Å². The number of nitrogens with zero attached hydrogens (tertiary/aromatic N) is 2. The van der Waals surface area contributed by atoms with E-state index >= 15 is 0 Å². The van der Waals surface area contributed by atoms with Crippen LogP contribution in [-0.2, 0) is 0 Å². The maximum atomic E-state index is 11.0. The normalized spacial score (nSPS) is 12.8. The third-order valence-electron chi connectivity index (χ3n) is 3.44. The second-order valence-electron chi connectivity index (χ2n) is 4.87. The van der Waals surface area contributed by atoms with Gasteiger partial charge >= 0.3 is 5.97 Å². The first kappa shape index (κ1) is 14.9. The van der Waals surface area contributed by atoms with Gasteiger partial charge in [0.15, 0.2) is 0 Å². The molecule has 1 atom stereocenters. The number of carbonyl (C=O) groups is 1. The Hall–Kier alpha value is -1.49. The number of rotatable bonds is 6. The van der Waals surface area contributed by atoms with Gasteiger partial charge in [-0.2, -0.15) is 11.8 Å². The van der Waals surface area contributed by atoms with E-state index in [1.54, 1.807) is 12.1 Å². The van der Waals surface area contributed by atoms with Gasteiger partial charge in [0.2, 0.25) is 0 Å². The summed E-state index contributed by atoms with van der Waals surface area (Å²) in [5.74, 6) is 2.30. The summed E-state index contributed by atoms with van der Waals surface area (Å²) in [4.78, 5) is 15.5. The molecule has 2 rings (SSSR count). The Bertz CT molecular complexity index is 622. The molecule has 20 heavy (non-hydrogen) atoms. The number of imidazole rings is 1. The SMILES string of the molecule is CCSCCC(C)n1c(C)nc2cc(C(=O)O)ccc21. The maximum Gasteiger partial charge on any atom is 0.335 e. The number of aromatic carboxylic acids is 1. The van der Waals surface area contributed by atoms with Gasteiger partial charge in [-0.05, 0) is 50.0 Å². The van der Waals surface area contributed by atoms with Crippen molar-refractivity contribution in [3.63, 3.8) is 0 Å². The molecule has 5 heteroatoms. The van der Waals surface area contributed by atoms with Gasteiger partial charge in [0, 0.05) is 6.04 Å². The predicted octanol–water partition coefficient (Wildman–Crippen LogP) is 3.75. The van der Waals surface area contributed by atoms with Gasteiger partial charge in [0.1, 0.15) is 5.82 Å². The van der Waals surface area contributed by atoms with Crippen LogP contribution in [0.1, 0.15) is 42.5 Å². The van der Waals surface area contributed by atoms with Crippen molar-refractivity contribution in [2.45, 2.75) is 33.2 Å². The van der Waals surface area contributed by atoms with Crippen molar-refractivity contribution >= 4 is 28.8 Å². The fourth-order valence-electron chi connectivity index (χ4n) is 2.44. The van der Waals surface area contributed by atoms with Crippen LogP contribution < -0.4 is 0 Å². The Morgan fingerprint density at radius 3 is 2.90 bits per heavy atom. The van der Waals surface area contributed by atoms with Crippen LogP contribution in [0.5, 0.6) is 0 Å². The summed E-state index contributed by atoms with van der Waals surface area (Å²) < 4.78 is 2.21. The fraction of sp³-hybridized carbons (Fsp3) is 0.467. The van der Waals surface area contributed by atoms with E-state index in [2.05, 4.69) is 23.4 Å². The Morgan fingerprint density at radius 2 is 2.25 bits per heavy atom. The van der Waals surface area contributed by atoms with Crippen molar-refractivity contribution in [2.24, 2.45) is 0 Å². The average molecular weight is 292 g/mol. The highest BCUT2D eigenvalue weighted by atomic mass is 32.2. The zero-order chi connectivity index (χ0) is 14.7. The molecule has 0 aliphatic carbocycles. The summed E-state index contributed by atoms with van der Waals surface area (Å²) in [6, 6.07) is 5.53. The van der Waals surface area contributed by atoms with E-state index in [4.69, 9.17) is 5.11 Å². The van der Waals surface area contributed by atoms with E-state index in [9.17, 15) is 4.79 Å². The van der Waals surface area contributed by atoms with Crippen molar-refractivity contribution in [1.29, 1.82) is 0 Å². The van der Waals surface area contributed by atoms with Crippen LogP contribution in [0.25, 0.3) is 11.0 Å². The van der Waals surface area contributed by atoms with E-state index in [0.717, 1.165) is 34.8 Å². The molecule has 0 aliphatic heterocycles. The molecule has 0 bridgehead atoms. The third-order valence-corrected chi connectivity index (χ3v) is 4.37. The minimum Gasteiger partial charge on any atom is -0.478 e. The summed E-state index contributed by atoms with van der Waals surface area (Å²) >= 11 is 1.94. The Labute approximate surface area is 123 Å². The number of hydrogen-bond donors (Lipinski definition) is 1. The van der Waals surface area contributed by atoms with Gasteiger partial charge < -0.3 is 9.67 Å². The number of aromatic nitrogens is 2. The van der Waals surface area contributed by atoms with Gasteiger partial charge in [0.25, 0.3) is 0 Å². The Kier molecular flexibility index (Phi) is 4.70.